The number of fused-ring (bicyclic) bond motifs is 1. The van der Waals surface area contributed by atoms with Crippen LogP contribution in [-0.2, 0) is 5.41 Å². The molecule has 1 aromatic heterocycles. The fourth-order valence-electron chi connectivity index (χ4n) is 5.06. The molecule has 5 nitrogen and oxygen atoms in total. The Hall–Kier alpha value is -3.11. The maximum absolute atomic E-state index is 14.5. The van der Waals surface area contributed by atoms with E-state index in [-0.39, 0.29) is 17.9 Å². The molecule has 1 unspecified atom stereocenters. The average molecular weight is 537 g/mol. The molecule has 0 spiro atoms. The third kappa shape index (κ3) is 5.17. The molecule has 1 N–H and O–H groups in total. The fraction of sp³-hybridized carbons (Fsp3) is 0.370. The van der Waals surface area contributed by atoms with Crippen LogP contribution >= 0.6 is 11.3 Å². The SMILES string of the molecule is COc1ccc(F)cc1C(C)(C)CC(O)(CN1CCN(c2ccsc2C=O)c2ccccc21)C(F)(F)F. The van der Waals surface area contributed by atoms with Crippen LogP contribution in [0.1, 0.15) is 35.5 Å². The number of rotatable bonds is 8. The Kier molecular flexibility index (Phi) is 7.27. The number of halogens is 4. The van der Waals surface area contributed by atoms with E-state index in [0.29, 0.717) is 28.5 Å². The van der Waals surface area contributed by atoms with Crippen molar-refractivity contribution < 1.29 is 32.2 Å². The second-order valence-corrected chi connectivity index (χ2v) is 10.7. The number of hydrogen-bond donors (Lipinski definition) is 1. The Morgan fingerprint density at radius 1 is 1.05 bits per heavy atom. The van der Waals surface area contributed by atoms with E-state index in [1.54, 1.807) is 29.6 Å². The van der Waals surface area contributed by atoms with E-state index in [9.17, 15) is 27.5 Å². The number of benzene rings is 2. The van der Waals surface area contributed by atoms with Gasteiger partial charge in [-0.15, -0.1) is 11.3 Å². The first-order valence-corrected chi connectivity index (χ1v) is 12.6. The van der Waals surface area contributed by atoms with Crippen molar-refractivity contribution in [2.75, 3.05) is 36.5 Å². The predicted octanol–water partition coefficient (Wildman–Crippen LogP) is 6.33. The summed E-state index contributed by atoms with van der Waals surface area (Å²) in [5, 5.41) is 13.0. The second-order valence-electron chi connectivity index (χ2n) is 9.78. The molecular formula is C27H28F4N2O3S. The quantitative estimate of drug-likeness (QED) is 0.270. The van der Waals surface area contributed by atoms with Crippen molar-refractivity contribution in [3.63, 3.8) is 0 Å². The van der Waals surface area contributed by atoms with Gasteiger partial charge in [-0.2, -0.15) is 13.2 Å². The van der Waals surface area contributed by atoms with Crippen LogP contribution in [-0.4, -0.2) is 49.9 Å². The normalized spacial score (nSPS) is 15.8. The van der Waals surface area contributed by atoms with Crippen LogP contribution in [0.4, 0.5) is 34.6 Å². The van der Waals surface area contributed by atoms with Crippen molar-refractivity contribution >= 4 is 34.7 Å². The van der Waals surface area contributed by atoms with Gasteiger partial charge in [0.25, 0.3) is 0 Å². The molecular weight excluding hydrogens is 508 g/mol. The maximum Gasteiger partial charge on any atom is 0.418 e. The zero-order chi connectivity index (χ0) is 27.0. The summed E-state index contributed by atoms with van der Waals surface area (Å²) in [5.41, 5.74) is -2.31. The third-order valence-electron chi connectivity index (χ3n) is 6.78. The van der Waals surface area contributed by atoms with Gasteiger partial charge in [0.1, 0.15) is 11.6 Å². The highest BCUT2D eigenvalue weighted by Gasteiger charge is 2.57. The fourth-order valence-corrected chi connectivity index (χ4v) is 5.76. The van der Waals surface area contributed by atoms with E-state index < -0.39 is 36.0 Å². The summed E-state index contributed by atoms with van der Waals surface area (Å²) in [6.45, 7) is 2.86. The minimum atomic E-state index is -4.96. The monoisotopic (exact) mass is 536 g/mol. The number of nitrogens with zero attached hydrogens (tertiary/aromatic N) is 2. The van der Waals surface area contributed by atoms with Gasteiger partial charge in [-0.25, -0.2) is 4.39 Å². The molecule has 37 heavy (non-hydrogen) atoms. The van der Waals surface area contributed by atoms with Crippen LogP contribution in [0.2, 0.25) is 0 Å². The van der Waals surface area contributed by atoms with Gasteiger partial charge in [0.05, 0.1) is 35.6 Å². The summed E-state index contributed by atoms with van der Waals surface area (Å²) in [7, 11) is 1.36. The highest BCUT2D eigenvalue weighted by atomic mass is 32.1. The molecule has 1 atom stereocenters. The first-order valence-electron chi connectivity index (χ1n) is 11.7. The van der Waals surface area contributed by atoms with Crippen molar-refractivity contribution in [3.8, 4) is 5.75 Å². The summed E-state index contributed by atoms with van der Waals surface area (Å²) in [4.78, 5) is 15.5. The van der Waals surface area contributed by atoms with Gasteiger partial charge in [-0.3, -0.25) is 4.79 Å². The summed E-state index contributed by atoms with van der Waals surface area (Å²) in [6.07, 6.45) is -4.92. The Balaban J connectivity index is 1.69. The minimum Gasteiger partial charge on any atom is -0.496 e. The van der Waals surface area contributed by atoms with E-state index in [1.807, 2.05) is 11.0 Å². The molecule has 0 aliphatic carbocycles. The Morgan fingerprint density at radius 2 is 1.76 bits per heavy atom. The lowest BCUT2D eigenvalue weighted by Crippen LogP contribution is -2.58. The Morgan fingerprint density at radius 3 is 2.41 bits per heavy atom. The number of para-hydroxylation sites is 2. The van der Waals surface area contributed by atoms with E-state index in [4.69, 9.17) is 4.74 Å². The molecule has 3 aromatic rings. The number of alkyl halides is 3. The summed E-state index contributed by atoms with van der Waals surface area (Å²) >= 11 is 1.29. The molecule has 0 radical (unpaired) electrons. The van der Waals surface area contributed by atoms with Gasteiger partial charge in [0.15, 0.2) is 11.9 Å². The lowest BCUT2D eigenvalue weighted by molar-refractivity contribution is -0.262. The number of thiophene rings is 1. The topological polar surface area (TPSA) is 53.0 Å². The molecule has 0 amide bonds. The minimum absolute atomic E-state index is 0.188. The number of aldehydes is 1. The van der Waals surface area contributed by atoms with Gasteiger partial charge >= 0.3 is 6.18 Å². The number of aliphatic hydroxyl groups is 1. The van der Waals surface area contributed by atoms with Crippen molar-refractivity contribution in [1.82, 2.24) is 0 Å². The molecule has 10 heteroatoms. The molecule has 1 aliphatic heterocycles. The molecule has 4 rings (SSSR count). The standard InChI is InChI=1S/C27H28F4N2O3S/c1-25(2,19-14-18(28)8-9-23(19)36-3)16-26(35,27(29,30)31)17-32-11-12-33(21-7-5-4-6-20(21)32)22-10-13-37-24(22)15-34/h4-10,13-15,35H,11-12,16-17H2,1-3H3. The number of anilines is 3. The number of methoxy groups -OCH3 is 1. The molecule has 0 saturated carbocycles. The molecule has 0 fully saturated rings. The van der Waals surface area contributed by atoms with Crippen LogP contribution in [0, 0.1) is 5.82 Å². The van der Waals surface area contributed by atoms with Crippen LogP contribution in [0.15, 0.2) is 53.9 Å². The van der Waals surface area contributed by atoms with Crippen molar-refractivity contribution in [2.24, 2.45) is 0 Å². The average Bonchev–Trinajstić information content (AvgIpc) is 3.32. The molecule has 1 aliphatic rings. The predicted molar refractivity (Wildman–Crippen MR) is 137 cm³/mol. The number of ether oxygens (including phenoxy) is 1. The molecule has 2 heterocycles. The van der Waals surface area contributed by atoms with Crippen molar-refractivity contribution in [2.45, 2.75) is 37.5 Å². The third-order valence-corrected chi connectivity index (χ3v) is 7.61. The lowest BCUT2D eigenvalue weighted by atomic mass is 9.74. The number of carbonyl (C=O) groups excluding carboxylic acids is 1. The van der Waals surface area contributed by atoms with E-state index in [0.717, 1.165) is 12.4 Å². The zero-order valence-electron chi connectivity index (χ0n) is 20.7. The van der Waals surface area contributed by atoms with Crippen LogP contribution in [0.3, 0.4) is 0 Å². The Bertz CT molecular complexity index is 1280. The second kappa shape index (κ2) is 9.98. The summed E-state index contributed by atoms with van der Waals surface area (Å²) in [5.74, 6) is -0.357. The van der Waals surface area contributed by atoms with Crippen molar-refractivity contribution in [1.29, 1.82) is 0 Å². The molecule has 0 bridgehead atoms. The first kappa shape index (κ1) is 26.9. The first-order chi connectivity index (χ1) is 17.4. The molecule has 198 valence electrons. The van der Waals surface area contributed by atoms with Gasteiger partial charge < -0.3 is 19.6 Å². The molecule has 2 aromatic carbocycles. The largest absolute Gasteiger partial charge is 0.496 e. The molecule has 0 saturated heterocycles. The highest BCUT2D eigenvalue weighted by Crippen LogP contribution is 2.46. The lowest BCUT2D eigenvalue weighted by Gasteiger charge is -2.45. The van der Waals surface area contributed by atoms with Crippen molar-refractivity contribution in [3.05, 3.63) is 70.2 Å². The highest BCUT2D eigenvalue weighted by molar-refractivity contribution is 7.12. The van der Waals surface area contributed by atoms with E-state index in [2.05, 4.69) is 0 Å². The Labute approximate surface area is 216 Å². The number of hydrogen-bond acceptors (Lipinski definition) is 6. The number of β-amino-alcohol motifs (C(OH)–C–C–N with tert-alkyl or cyclic N) is 1. The van der Waals surface area contributed by atoms with Gasteiger partial charge in [0, 0.05) is 18.7 Å². The van der Waals surface area contributed by atoms with Crippen LogP contribution in [0.25, 0.3) is 0 Å². The summed E-state index contributed by atoms with van der Waals surface area (Å²) < 4.78 is 62.9. The van der Waals surface area contributed by atoms with E-state index >= 15 is 0 Å². The number of carbonyl (C=O) groups is 1. The van der Waals surface area contributed by atoms with Crippen LogP contribution < -0.4 is 14.5 Å². The van der Waals surface area contributed by atoms with Gasteiger partial charge in [-0.05, 0) is 53.6 Å². The summed E-state index contributed by atoms with van der Waals surface area (Å²) in [6, 6.07) is 12.5. The maximum atomic E-state index is 14.5. The van der Waals surface area contributed by atoms with Gasteiger partial charge in [0.2, 0.25) is 0 Å². The zero-order valence-corrected chi connectivity index (χ0v) is 21.5. The smallest absolute Gasteiger partial charge is 0.418 e. The van der Waals surface area contributed by atoms with Gasteiger partial charge in [-0.1, -0.05) is 26.0 Å². The van der Waals surface area contributed by atoms with Crippen LogP contribution in [0.5, 0.6) is 5.75 Å². The van der Waals surface area contributed by atoms with E-state index in [1.165, 1.54) is 49.3 Å².